The summed E-state index contributed by atoms with van der Waals surface area (Å²) < 4.78 is 6.41. The van der Waals surface area contributed by atoms with Crippen LogP contribution in [0.3, 0.4) is 0 Å². The third-order valence-corrected chi connectivity index (χ3v) is 14.5. The summed E-state index contributed by atoms with van der Waals surface area (Å²) in [5.74, 6) is 0.130. The number of carbonyl (C=O) groups excluding carboxylic acids is 2. The fraction of sp³-hybridized carbons (Fsp3) is 0.395. The molecule has 0 aromatic heterocycles. The van der Waals surface area contributed by atoms with Crippen LogP contribution in [0.4, 0.5) is 5.69 Å². The van der Waals surface area contributed by atoms with E-state index < -0.39 is 25.9 Å². The summed E-state index contributed by atoms with van der Waals surface area (Å²) in [5, 5.41) is 9.97. The Kier molecular flexibility index (Phi) is 13.4. The second kappa shape index (κ2) is 17.3. The van der Waals surface area contributed by atoms with Gasteiger partial charge in [-0.1, -0.05) is 125 Å². The van der Waals surface area contributed by atoms with E-state index in [4.69, 9.17) is 10.2 Å². The maximum atomic E-state index is 13.7. The molecular weight excluding hydrogens is 649 g/mol. The van der Waals surface area contributed by atoms with Crippen molar-refractivity contribution < 1.29 is 14.0 Å². The summed E-state index contributed by atoms with van der Waals surface area (Å²) in [6, 6.07) is 35.8. The quantitative estimate of drug-likeness (QED) is 0.0531. The van der Waals surface area contributed by atoms with Crippen LogP contribution in [0, 0.1) is 12.8 Å². The summed E-state index contributed by atoms with van der Waals surface area (Å²) in [5.41, 5.74) is 10.9. The van der Waals surface area contributed by atoms with E-state index in [9.17, 15) is 9.59 Å². The van der Waals surface area contributed by atoms with E-state index in [-0.39, 0.29) is 22.8 Å². The summed E-state index contributed by atoms with van der Waals surface area (Å²) in [7, 11) is -2.00. The van der Waals surface area contributed by atoms with Crippen molar-refractivity contribution in [1.82, 2.24) is 10.6 Å². The molecule has 4 aromatic carbocycles. The van der Waals surface area contributed by atoms with Crippen LogP contribution in [0.1, 0.15) is 76.1 Å². The number of nitrogens with one attached hydrogen (secondary N) is 3. The number of nitrogens with two attached hydrogens (primary N) is 1. The topological polar surface area (TPSA) is 105 Å². The number of benzene rings is 4. The highest BCUT2D eigenvalue weighted by Crippen LogP contribution is 2.38. The molecule has 272 valence electrons. The van der Waals surface area contributed by atoms with Crippen molar-refractivity contribution in [3.05, 3.63) is 131 Å². The lowest BCUT2D eigenvalue weighted by molar-refractivity contribution is -0.128. The molecule has 0 unspecified atom stereocenters. The minimum atomic E-state index is -2.00. The molecule has 4 rings (SSSR count). The van der Waals surface area contributed by atoms with Gasteiger partial charge in [0.2, 0.25) is 20.1 Å². The van der Waals surface area contributed by atoms with Crippen molar-refractivity contribution in [2.75, 3.05) is 11.9 Å². The number of anilines is 1. The predicted molar refractivity (Wildman–Crippen MR) is 213 cm³/mol. The van der Waals surface area contributed by atoms with Crippen molar-refractivity contribution in [1.29, 1.82) is 0 Å². The third kappa shape index (κ3) is 10.2. The van der Waals surface area contributed by atoms with Crippen molar-refractivity contribution in [2.24, 2.45) is 11.7 Å². The van der Waals surface area contributed by atoms with Gasteiger partial charge in [-0.3, -0.25) is 14.9 Å². The second-order valence-corrected chi connectivity index (χ2v) is 20.2. The van der Waals surface area contributed by atoms with Crippen LogP contribution < -0.4 is 26.1 Å². The zero-order chi connectivity index (χ0) is 37.2. The highest BCUT2D eigenvalue weighted by molar-refractivity contribution is 6.74. The lowest BCUT2D eigenvalue weighted by Crippen LogP contribution is -2.51. The molecule has 2 atom stereocenters. The summed E-state index contributed by atoms with van der Waals surface area (Å²) in [4.78, 5) is 26.8. The van der Waals surface area contributed by atoms with Crippen LogP contribution in [-0.2, 0) is 15.1 Å². The smallest absolute Gasteiger partial charge is 0.250 e. The molecule has 0 aliphatic rings. The lowest BCUT2D eigenvalue weighted by Gasteiger charge is -2.37. The molecule has 0 spiro atoms. The van der Waals surface area contributed by atoms with Gasteiger partial charge in [-0.15, -0.1) is 0 Å². The highest BCUT2D eigenvalue weighted by atomic mass is 28.4. The molecule has 7 nitrogen and oxygen atoms in total. The number of carbonyl (C=O) groups is 2. The molecule has 0 radical (unpaired) electrons. The van der Waals surface area contributed by atoms with E-state index >= 15 is 0 Å². The summed E-state index contributed by atoms with van der Waals surface area (Å²) in [6.45, 7) is 17.6. The van der Waals surface area contributed by atoms with Crippen LogP contribution >= 0.6 is 0 Å². The second-order valence-electron chi connectivity index (χ2n) is 15.5. The molecule has 4 aromatic rings. The highest BCUT2D eigenvalue weighted by Gasteiger charge is 2.39. The standard InChI is InChI=1S/C43H58N4O3Si/c1-31(2)39(44)41(49)47-38(40(48)46-36-26-28-37(29-27-36)50-51(7,8)42(4,5)6)21-15-16-30-45-43(33-17-11-9-12-18-33,34-19-13-10-14-20-34)35-24-22-32(3)23-25-35/h9-14,17-20,22-29,31,38-39,45H,15-16,21,30,44H2,1-8H3,(H,46,48)(H,47,49)/t38-,39-/m0/s1. The molecule has 0 bridgehead atoms. The maximum Gasteiger partial charge on any atom is 0.250 e. The van der Waals surface area contributed by atoms with Gasteiger partial charge in [0.05, 0.1) is 11.6 Å². The molecule has 0 fully saturated rings. The molecule has 8 heteroatoms. The molecule has 0 heterocycles. The van der Waals surface area contributed by atoms with Crippen molar-refractivity contribution >= 4 is 25.8 Å². The molecule has 0 aliphatic heterocycles. The number of unbranched alkanes of at least 4 members (excludes halogenated alkanes) is 1. The van der Waals surface area contributed by atoms with Crippen molar-refractivity contribution in [3.8, 4) is 5.75 Å². The SMILES string of the molecule is Cc1ccc(C(NCCCC[C@H](NC(=O)[C@@H](N)C(C)C)C(=O)Nc2ccc(O[Si](C)(C)C(C)(C)C)cc2)(c2ccccc2)c2ccccc2)cc1. The largest absolute Gasteiger partial charge is 0.544 e. The van der Waals surface area contributed by atoms with E-state index in [0.29, 0.717) is 25.1 Å². The van der Waals surface area contributed by atoms with Gasteiger partial charge in [0.1, 0.15) is 11.8 Å². The number of hydrogen-bond acceptors (Lipinski definition) is 5. The Bertz CT molecular complexity index is 1650. The van der Waals surface area contributed by atoms with Gasteiger partial charge in [0, 0.05) is 5.69 Å². The number of rotatable bonds is 16. The minimum absolute atomic E-state index is 0.0581. The molecule has 2 amide bonds. The fourth-order valence-electron chi connectivity index (χ4n) is 5.86. The first-order chi connectivity index (χ1) is 24.1. The Hall–Kier alpha value is -4.24. The first kappa shape index (κ1) is 39.5. The van der Waals surface area contributed by atoms with Crippen LogP contribution in [-0.4, -0.2) is 38.8 Å². The average molecular weight is 707 g/mol. The Labute approximate surface area is 306 Å². The van der Waals surface area contributed by atoms with Gasteiger partial charge in [-0.05, 0) is 97.7 Å². The number of hydrogen-bond donors (Lipinski definition) is 4. The van der Waals surface area contributed by atoms with Crippen molar-refractivity contribution in [3.63, 3.8) is 0 Å². The monoisotopic (exact) mass is 706 g/mol. The van der Waals surface area contributed by atoms with Gasteiger partial charge in [-0.25, -0.2) is 0 Å². The van der Waals surface area contributed by atoms with Crippen LogP contribution in [0.15, 0.2) is 109 Å². The van der Waals surface area contributed by atoms with Crippen LogP contribution in [0.5, 0.6) is 5.75 Å². The Balaban J connectivity index is 1.49. The first-order valence-electron chi connectivity index (χ1n) is 18.2. The third-order valence-electron chi connectivity index (χ3n) is 10.2. The molecule has 0 saturated carbocycles. The summed E-state index contributed by atoms with van der Waals surface area (Å²) >= 11 is 0. The van der Waals surface area contributed by atoms with E-state index in [1.54, 1.807) is 0 Å². The fourth-order valence-corrected chi connectivity index (χ4v) is 6.89. The summed E-state index contributed by atoms with van der Waals surface area (Å²) in [6.07, 6.45) is 1.95. The lowest BCUT2D eigenvalue weighted by atomic mass is 9.76. The van der Waals surface area contributed by atoms with E-state index in [2.05, 4.69) is 130 Å². The van der Waals surface area contributed by atoms with E-state index in [1.807, 2.05) is 50.2 Å². The zero-order valence-electron chi connectivity index (χ0n) is 31.8. The molecular formula is C43H58N4O3Si. The maximum absolute atomic E-state index is 13.7. The van der Waals surface area contributed by atoms with E-state index in [0.717, 1.165) is 28.9 Å². The van der Waals surface area contributed by atoms with Crippen LogP contribution in [0.2, 0.25) is 18.1 Å². The van der Waals surface area contributed by atoms with Gasteiger partial charge >= 0.3 is 0 Å². The van der Waals surface area contributed by atoms with Gasteiger partial charge < -0.3 is 20.8 Å². The van der Waals surface area contributed by atoms with Gasteiger partial charge in [0.25, 0.3) is 0 Å². The molecule has 5 N–H and O–H groups in total. The normalized spacial score (nSPS) is 13.4. The minimum Gasteiger partial charge on any atom is -0.544 e. The zero-order valence-corrected chi connectivity index (χ0v) is 32.8. The van der Waals surface area contributed by atoms with Gasteiger partial charge in [0.15, 0.2) is 0 Å². The van der Waals surface area contributed by atoms with E-state index in [1.165, 1.54) is 5.56 Å². The Morgan fingerprint density at radius 1 is 0.745 bits per heavy atom. The van der Waals surface area contributed by atoms with Gasteiger partial charge in [-0.2, -0.15) is 0 Å². The average Bonchev–Trinajstić information content (AvgIpc) is 3.10. The Morgan fingerprint density at radius 2 is 1.27 bits per heavy atom. The molecule has 0 aliphatic carbocycles. The Morgan fingerprint density at radius 3 is 1.78 bits per heavy atom. The molecule has 51 heavy (non-hydrogen) atoms. The number of aryl methyl sites for hydroxylation is 1. The first-order valence-corrected chi connectivity index (χ1v) is 21.1. The van der Waals surface area contributed by atoms with Crippen LogP contribution in [0.25, 0.3) is 0 Å². The number of amides is 2. The predicted octanol–water partition coefficient (Wildman–Crippen LogP) is 8.54. The molecule has 0 saturated heterocycles. The van der Waals surface area contributed by atoms with Crippen molar-refractivity contribution in [2.45, 2.75) is 96.6 Å².